The molecule has 0 spiro atoms. The van der Waals surface area contributed by atoms with E-state index in [0.29, 0.717) is 11.3 Å². The van der Waals surface area contributed by atoms with Gasteiger partial charge in [0.25, 0.3) is 11.8 Å². The van der Waals surface area contributed by atoms with E-state index in [2.05, 4.69) is 15.2 Å². The molecule has 2 aliphatic heterocycles. The van der Waals surface area contributed by atoms with Crippen molar-refractivity contribution in [2.75, 3.05) is 0 Å². The van der Waals surface area contributed by atoms with Gasteiger partial charge in [0.2, 0.25) is 0 Å². The number of carbonyl (C=O) groups excluding carboxylic acids is 2. The van der Waals surface area contributed by atoms with Gasteiger partial charge < -0.3 is 0 Å². The van der Waals surface area contributed by atoms with Crippen LogP contribution in [-0.2, 0) is 9.59 Å². The van der Waals surface area contributed by atoms with Crippen LogP contribution in [0, 0.1) is 0 Å². The molecule has 5 heteroatoms. The van der Waals surface area contributed by atoms with Gasteiger partial charge in [-0.25, -0.2) is 4.99 Å². The summed E-state index contributed by atoms with van der Waals surface area (Å²) < 4.78 is 0. The first kappa shape index (κ1) is 7.72. The second-order valence-corrected chi connectivity index (χ2v) is 2.66. The Morgan fingerprint density at radius 3 is 2.77 bits per heavy atom. The van der Waals surface area contributed by atoms with Crippen molar-refractivity contribution in [2.24, 2.45) is 15.2 Å². The summed E-state index contributed by atoms with van der Waals surface area (Å²) in [7, 11) is 0. The highest BCUT2D eigenvalue weighted by Gasteiger charge is 2.23. The minimum atomic E-state index is -0.486. The molecule has 0 aromatic heterocycles. The third kappa shape index (κ3) is 1.14. The third-order valence-electron chi connectivity index (χ3n) is 1.79. The number of fused-ring (bicyclic) bond motifs is 1. The number of hydrogen-bond donors (Lipinski definition) is 0. The summed E-state index contributed by atoms with van der Waals surface area (Å²) >= 11 is 0. The molecular formula is C8H5N3O2. The molecule has 0 bridgehead atoms. The highest BCUT2D eigenvalue weighted by Crippen LogP contribution is 2.23. The maximum atomic E-state index is 11.1. The largest absolute Gasteiger partial charge is 0.296 e. The van der Waals surface area contributed by atoms with Crippen molar-refractivity contribution in [3.05, 3.63) is 22.9 Å². The predicted molar refractivity (Wildman–Crippen MR) is 44.1 cm³/mol. The molecule has 0 aromatic carbocycles. The third-order valence-corrected chi connectivity index (χ3v) is 1.79. The molecule has 13 heavy (non-hydrogen) atoms. The second kappa shape index (κ2) is 2.55. The number of amides is 2. The molecule has 0 aromatic rings. The number of allylic oxidation sites excluding steroid dienone is 1. The van der Waals surface area contributed by atoms with Crippen molar-refractivity contribution in [1.82, 2.24) is 0 Å². The van der Waals surface area contributed by atoms with Gasteiger partial charge in [0.1, 0.15) is 0 Å². The van der Waals surface area contributed by atoms with Gasteiger partial charge in [-0.05, 0) is 6.92 Å². The van der Waals surface area contributed by atoms with Gasteiger partial charge in [-0.2, -0.15) is 5.11 Å². The lowest BCUT2D eigenvalue weighted by molar-refractivity contribution is -0.116. The SMILES string of the molecule is CC1=C2C=NC(=O)C=C2C(=O)N=N1. The Balaban J connectivity index is 2.60. The minimum Gasteiger partial charge on any atom is -0.267 e. The second-order valence-electron chi connectivity index (χ2n) is 2.66. The molecule has 2 rings (SSSR count). The Bertz CT molecular complexity index is 427. The fraction of sp³-hybridized carbons (Fsp3) is 0.125. The molecule has 0 radical (unpaired) electrons. The first-order valence-corrected chi connectivity index (χ1v) is 3.65. The van der Waals surface area contributed by atoms with Gasteiger partial charge in [0.15, 0.2) is 0 Å². The zero-order valence-electron chi connectivity index (χ0n) is 6.81. The van der Waals surface area contributed by atoms with Crippen molar-refractivity contribution < 1.29 is 9.59 Å². The molecule has 0 atom stereocenters. The highest BCUT2D eigenvalue weighted by molar-refractivity contribution is 6.16. The fourth-order valence-electron chi connectivity index (χ4n) is 1.13. The van der Waals surface area contributed by atoms with Crippen LogP contribution in [0.15, 0.2) is 38.1 Å². The molecule has 0 N–H and O–H groups in total. The van der Waals surface area contributed by atoms with Gasteiger partial charge in [0.05, 0.1) is 11.3 Å². The van der Waals surface area contributed by atoms with Crippen molar-refractivity contribution in [1.29, 1.82) is 0 Å². The molecule has 0 saturated carbocycles. The maximum Gasteiger partial charge on any atom is 0.296 e. The number of dihydropyridines is 1. The summed E-state index contributed by atoms with van der Waals surface area (Å²) in [6, 6.07) is 0. The maximum absolute atomic E-state index is 11.1. The number of hydrogen-bond acceptors (Lipinski definition) is 3. The molecule has 64 valence electrons. The Morgan fingerprint density at radius 1 is 1.23 bits per heavy atom. The van der Waals surface area contributed by atoms with Gasteiger partial charge in [0, 0.05) is 17.9 Å². The quantitative estimate of drug-likeness (QED) is 0.546. The zero-order valence-corrected chi connectivity index (χ0v) is 6.81. The van der Waals surface area contributed by atoms with Crippen LogP contribution < -0.4 is 0 Å². The van der Waals surface area contributed by atoms with E-state index in [4.69, 9.17) is 0 Å². The van der Waals surface area contributed by atoms with E-state index in [1.807, 2.05) is 0 Å². The lowest BCUT2D eigenvalue weighted by atomic mass is 10.0. The molecule has 2 amide bonds. The standard InChI is InChI=1S/C8H5N3O2/c1-4-6-3-9-7(12)2-5(6)8(13)11-10-4/h2-3H,1H3. The monoisotopic (exact) mass is 175 g/mol. The van der Waals surface area contributed by atoms with E-state index in [-0.39, 0.29) is 5.57 Å². The average Bonchev–Trinajstić information content (AvgIpc) is 2.12. The molecule has 2 aliphatic rings. The first-order valence-electron chi connectivity index (χ1n) is 3.65. The molecule has 0 unspecified atom stereocenters. The van der Waals surface area contributed by atoms with Crippen LogP contribution in [0.4, 0.5) is 0 Å². The van der Waals surface area contributed by atoms with E-state index in [9.17, 15) is 9.59 Å². The van der Waals surface area contributed by atoms with Gasteiger partial charge in [-0.1, -0.05) is 0 Å². The lowest BCUT2D eigenvalue weighted by Gasteiger charge is -2.11. The Morgan fingerprint density at radius 2 is 2.00 bits per heavy atom. The van der Waals surface area contributed by atoms with Crippen LogP contribution in [0.3, 0.4) is 0 Å². The van der Waals surface area contributed by atoms with E-state index in [1.54, 1.807) is 6.92 Å². The normalized spacial score (nSPS) is 20.5. The number of azo groups is 1. The van der Waals surface area contributed by atoms with Crippen LogP contribution in [0.5, 0.6) is 0 Å². The first-order chi connectivity index (χ1) is 6.18. The minimum absolute atomic E-state index is 0.285. The Kier molecular flexibility index (Phi) is 1.51. The van der Waals surface area contributed by atoms with Gasteiger partial charge in [-0.15, -0.1) is 5.11 Å². The van der Waals surface area contributed by atoms with Crippen LogP contribution in [0.25, 0.3) is 0 Å². The van der Waals surface area contributed by atoms with E-state index in [0.717, 1.165) is 0 Å². The summed E-state index contributed by atoms with van der Waals surface area (Å²) in [5.74, 6) is -0.919. The molecule has 0 fully saturated rings. The molecule has 5 nitrogen and oxygen atoms in total. The number of rotatable bonds is 0. The van der Waals surface area contributed by atoms with Gasteiger partial charge in [-0.3, -0.25) is 9.59 Å². The summed E-state index contributed by atoms with van der Waals surface area (Å²) in [5.41, 5.74) is 1.47. The van der Waals surface area contributed by atoms with Crippen molar-refractivity contribution >= 4 is 18.0 Å². The topological polar surface area (TPSA) is 71.2 Å². The summed E-state index contributed by atoms with van der Waals surface area (Å²) in [4.78, 5) is 25.5. The lowest BCUT2D eigenvalue weighted by Crippen LogP contribution is -2.14. The van der Waals surface area contributed by atoms with Crippen molar-refractivity contribution in [2.45, 2.75) is 6.92 Å². The number of carbonyl (C=O) groups is 2. The van der Waals surface area contributed by atoms with Crippen LogP contribution >= 0.6 is 0 Å². The van der Waals surface area contributed by atoms with Crippen molar-refractivity contribution in [3.63, 3.8) is 0 Å². The van der Waals surface area contributed by atoms with Crippen LogP contribution in [-0.4, -0.2) is 18.0 Å². The predicted octanol–water partition coefficient (Wildman–Crippen LogP) is 0.790. The van der Waals surface area contributed by atoms with Crippen LogP contribution in [0.2, 0.25) is 0 Å². The summed E-state index contributed by atoms with van der Waals surface area (Å²) in [6.07, 6.45) is 2.53. The summed E-state index contributed by atoms with van der Waals surface area (Å²) in [5, 5.41) is 7.01. The zero-order chi connectivity index (χ0) is 9.42. The molecular weight excluding hydrogens is 170 g/mol. The smallest absolute Gasteiger partial charge is 0.267 e. The van der Waals surface area contributed by atoms with E-state index < -0.39 is 11.8 Å². The van der Waals surface area contributed by atoms with Crippen LogP contribution in [0.1, 0.15) is 6.92 Å². The average molecular weight is 175 g/mol. The molecule has 0 saturated heterocycles. The summed E-state index contributed by atoms with van der Waals surface area (Å²) in [6.45, 7) is 1.71. The molecule has 0 aliphatic carbocycles. The molecule has 2 heterocycles. The van der Waals surface area contributed by atoms with E-state index >= 15 is 0 Å². The Hall–Kier alpha value is -1.91. The fourth-order valence-corrected chi connectivity index (χ4v) is 1.13. The Labute approximate surface area is 73.6 Å². The van der Waals surface area contributed by atoms with E-state index in [1.165, 1.54) is 12.3 Å². The number of aliphatic imine (C=N–C) groups is 1. The number of nitrogens with zero attached hydrogens (tertiary/aromatic N) is 3. The highest BCUT2D eigenvalue weighted by atomic mass is 16.2. The van der Waals surface area contributed by atoms with Gasteiger partial charge >= 0.3 is 0 Å². The van der Waals surface area contributed by atoms with Crippen molar-refractivity contribution in [3.8, 4) is 0 Å².